The van der Waals surface area contributed by atoms with Crippen molar-refractivity contribution >= 4 is 16.5 Å². The molecule has 0 saturated carbocycles. The van der Waals surface area contributed by atoms with Crippen molar-refractivity contribution in [2.45, 2.75) is 13.1 Å². The summed E-state index contributed by atoms with van der Waals surface area (Å²) in [5, 5.41) is 15.0. The van der Waals surface area contributed by atoms with E-state index in [0.29, 0.717) is 25.2 Å². The van der Waals surface area contributed by atoms with Crippen LogP contribution in [0.2, 0.25) is 0 Å². The Morgan fingerprint density at radius 2 is 2.15 bits per heavy atom. The molecule has 1 aromatic carbocycles. The first-order valence-corrected chi connectivity index (χ1v) is 7.29. The lowest BCUT2D eigenvalue weighted by Gasteiger charge is -2.20. The first kappa shape index (κ1) is 14.9. The Kier molecular flexibility index (Phi) is 5.46. The summed E-state index contributed by atoms with van der Waals surface area (Å²) in [5.41, 5.74) is 1.55. The van der Waals surface area contributed by atoms with Gasteiger partial charge in [-0.2, -0.15) is 0 Å². The highest BCUT2D eigenvalue weighted by Gasteiger charge is 2.11. The van der Waals surface area contributed by atoms with Crippen LogP contribution in [0.4, 0.5) is 9.52 Å². The minimum absolute atomic E-state index is 0.0392. The molecule has 4 nitrogen and oxygen atoms in total. The van der Waals surface area contributed by atoms with Crippen molar-refractivity contribution in [3.8, 4) is 0 Å². The van der Waals surface area contributed by atoms with Crippen LogP contribution in [-0.2, 0) is 13.1 Å². The Morgan fingerprint density at radius 1 is 1.35 bits per heavy atom. The molecule has 6 heteroatoms. The molecule has 1 aromatic heterocycles. The summed E-state index contributed by atoms with van der Waals surface area (Å²) < 4.78 is 13.7. The van der Waals surface area contributed by atoms with Gasteiger partial charge >= 0.3 is 0 Å². The second-order valence-corrected chi connectivity index (χ2v) is 5.28. The molecule has 108 valence electrons. The third-order valence-corrected chi connectivity index (χ3v) is 3.83. The Morgan fingerprint density at radius 3 is 2.80 bits per heavy atom. The summed E-state index contributed by atoms with van der Waals surface area (Å²) in [7, 11) is 1.83. The van der Waals surface area contributed by atoms with Crippen LogP contribution in [0.25, 0.3) is 0 Å². The van der Waals surface area contributed by atoms with Gasteiger partial charge in [0.05, 0.1) is 12.3 Å². The fourth-order valence-electron chi connectivity index (χ4n) is 1.95. The van der Waals surface area contributed by atoms with Gasteiger partial charge in [-0.3, -0.25) is 4.90 Å². The maximum atomic E-state index is 13.7. The number of thiazole rings is 1. The molecule has 0 aliphatic heterocycles. The molecule has 20 heavy (non-hydrogen) atoms. The molecule has 0 fully saturated rings. The summed E-state index contributed by atoms with van der Waals surface area (Å²) in [6, 6.07) is 6.71. The van der Waals surface area contributed by atoms with Crippen LogP contribution >= 0.6 is 11.3 Å². The minimum atomic E-state index is -0.218. The van der Waals surface area contributed by atoms with Crippen LogP contribution in [0.3, 0.4) is 0 Å². The van der Waals surface area contributed by atoms with Gasteiger partial charge in [0, 0.05) is 37.6 Å². The van der Waals surface area contributed by atoms with Gasteiger partial charge in [-0.15, -0.1) is 11.3 Å². The molecular formula is C14H18FN3OS. The van der Waals surface area contributed by atoms with Crippen LogP contribution in [-0.4, -0.2) is 35.2 Å². The molecule has 2 aromatic rings. The van der Waals surface area contributed by atoms with Crippen molar-refractivity contribution in [3.05, 3.63) is 46.7 Å². The molecule has 0 aliphatic rings. The molecule has 0 unspecified atom stereocenters. The predicted octanol–water partition coefficient (Wildman–Crippen LogP) is 2.32. The standard InChI is InChI=1S/C14H18FN3OS/c1-16-14-17-12(10-20-14)9-18(6-7-19)8-11-4-2-3-5-13(11)15/h2-5,10,19H,6-9H2,1H3,(H,16,17). The first-order valence-electron chi connectivity index (χ1n) is 6.41. The van der Waals surface area contributed by atoms with E-state index in [0.717, 1.165) is 10.8 Å². The third kappa shape index (κ3) is 4.00. The van der Waals surface area contributed by atoms with Crippen LogP contribution in [0.1, 0.15) is 11.3 Å². The van der Waals surface area contributed by atoms with E-state index in [1.807, 2.05) is 23.4 Å². The summed E-state index contributed by atoms with van der Waals surface area (Å²) in [5.74, 6) is -0.218. The number of anilines is 1. The largest absolute Gasteiger partial charge is 0.395 e. The molecule has 2 rings (SSSR count). The highest BCUT2D eigenvalue weighted by Crippen LogP contribution is 2.17. The number of rotatable bonds is 7. The monoisotopic (exact) mass is 295 g/mol. The third-order valence-electron chi connectivity index (χ3n) is 2.92. The lowest BCUT2D eigenvalue weighted by molar-refractivity contribution is 0.181. The fraction of sp³-hybridized carbons (Fsp3) is 0.357. The van der Waals surface area contributed by atoms with E-state index >= 15 is 0 Å². The second kappa shape index (κ2) is 7.33. The van der Waals surface area contributed by atoms with Gasteiger partial charge < -0.3 is 10.4 Å². The number of halogens is 1. The van der Waals surface area contributed by atoms with Crippen molar-refractivity contribution in [2.24, 2.45) is 0 Å². The number of aliphatic hydroxyl groups excluding tert-OH is 1. The van der Waals surface area contributed by atoms with Crippen LogP contribution in [0.15, 0.2) is 29.6 Å². The average Bonchev–Trinajstić information content (AvgIpc) is 2.89. The van der Waals surface area contributed by atoms with Crippen LogP contribution < -0.4 is 5.32 Å². The number of nitrogens with zero attached hydrogens (tertiary/aromatic N) is 2. The van der Waals surface area contributed by atoms with Gasteiger partial charge in [0.25, 0.3) is 0 Å². The van der Waals surface area contributed by atoms with Crippen LogP contribution in [0.5, 0.6) is 0 Å². The highest BCUT2D eigenvalue weighted by molar-refractivity contribution is 7.13. The zero-order valence-electron chi connectivity index (χ0n) is 11.3. The molecule has 0 aliphatic carbocycles. The van der Waals surface area contributed by atoms with Gasteiger partial charge in [0.15, 0.2) is 5.13 Å². The first-order chi connectivity index (χ1) is 9.72. The van der Waals surface area contributed by atoms with Gasteiger partial charge in [-0.25, -0.2) is 9.37 Å². The number of hydrogen-bond acceptors (Lipinski definition) is 5. The molecule has 0 radical (unpaired) electrons. The average molecular weight is 295 g/mol. The molecule has 2 N–H and O–H groups in total. The van der Waals surface area contributed by atoms with Gasteiger partial charge in [0.2, 0.25) is 0 Å². The maximum absolute atomic E-state index is 13.7. The Balaban J connectivity index is 2.05. The van der Waals surface area contributed by atoms with E-state index in [1.54, 1.807) is 12.1 Å². The van der Waals surface area contributed by atoms with Gasteiger partial charge in [-0.1, -0.05) is 18.2 Å². The van der Waals surface area contributed by atoms with E-state index in [4.69, 9.17) is 5.11 Å². The predicted molar refractivity (Wildman–Crippen MR) is 79.3 cm³/mol. The SMILES string of the molecule is CNc1nc(CN(CCO)Cc2ccccc2F)cs1. The normalized spacial score (nSPS) is 11.0. The lowest BCUT2D eigenvalue weighted by Crippen LogP contribution is -2.26. The Labute approximate surface area is 121 Å². The molecule has 0 atom stereocenters. The molecule has 0 amide bonds. The smallest absolute Gasteiger partial charge is 0.182 e. The van der Waals surface area contributed by atoms with E-state index in [1.165, 1.54) is 17.4 Å². The highest BCUT2D eigenvalue weighted by atomic mass is 32.1. The molecule has 0 saturated heterocycles. The Bertz CT molecular complexity index is 547. The zero-order valence-corrected chi connectivity index (χ0v) is 12.2. The van der Waals surface area contributed by atoms with Crippen molar-refractivity contribution in [3.63, 3.8) is 0 Å². The number of aliphatic hydroxyl groups is 1. The summed E-state index contributed by atoms with van der Waals surface area (Å²) in [6.07, 6.45) is 0. The van der Waals surface area contributed by atoms with E-state index in [2.05, 4.69) is 10.3 Å². The number of benzene rings is 1. The summed E-state index contributed by atoms with van der Waals surface area (Å²) in [6.45, 7) is 1.57. The maximum Gasteiger partial charge on any atom is 0.182 e. The van der Waals surface area contributed by atoms with Crippen LogP contribution in [0, 0.1) is 5.82 Å². The Hall–Kier alpha value is -1.50. The number of nitrogens with one attached hydrogen (secondary N) is 1. The van der Waals surface area contributed by atoms with E-state index in [9.17, 15) is 4.39 Å². The topological polar surface area (TPSA) is 48.4 Å². The zero-order chi connectivity index (χ0) is 14.4. The number of aromatic nitrogens is 1. The molecule has 0 bridgehead atoms. The van der Waals surface area contributed by atoms with Gasteiger partial charge in [-0.05, 0) is 6.07 Å². The van der Waals surface area contributed by atoms with Crippen molar-refractivity contribution < 1.29 is 9.50 Å². The molecular weight excluding hydrogens is 277 g/mol. The summed E-state index contributed by atoms with van der Waals surface area (Å²) >= 11 is 1.53. The van der Waals surface area contributed by atoms with Crippen molar-refractivity contribution in [2.75, 3.05) is 25.5 Å². The van der Waals surface area contributed by atoms with Crippen molar-refractivity contribution in [1.29, 1.82) is 0 Å². The molecule has 0 spiro atoms. The fourth-order valence-corrected chi connectivity index (χ4v) is 2.61. The number of hydrogen-bond donors (Lipinski definition) is 2. The van der Waals surface area contributed by atoms with Crippen molar-refractivity contribution in [1.82, 2.24) is 9.88 Å². The summed E-state index contributed by atoms with van der Waals surface area (Å²) in [4.78, 5) is 6.38. The molecule has 1 heterocycles. The lowest BCUT2D eigenvalue weighted by atomic mass is 10.2. The van der Waals surface area contributed by atoms with E-state index in [-0.39, 0.29) is 12.4 Å². The second-order valence-electron chi connectivity index (χ2n) is 4.42. The quantitative estimate of drug-likeness (QED) is 0.823. The van der Waals surface area contributed by atoms with Gasteiger partial charge in [0.1, 0.15) is 5.82 Å². The minimum Gasteiger partial charge on any atom is -0.395 e. The van der Waals surface area contributed by atoms with E-state index < -0.39 is 0 Å².